The van der Waals surface area contributed by atoms with Crippen LogP contribution in [0, 0.1) is 0 Å². The molecular weight excluding hydrogens is 298 g/mol. The van der Waals surface area contributed by atoms with Gasteiger partial charge >= 0.3 is 0 Å². The van der Waals surface area contributed by atoms with Crippen molar-refractivity contribution in [1.82, 2.24) is 4.90 Å². The Labute approximate surface area is 144 Å². The number of aliphatic hydroxyl groups excluding tert-OH is 1. The largest absolute Gasteiger partial charge is 0.389 e. The zero-order chi connectivity index (χ0) is 17.4. The van der Waals surface area contributed by atoms with Crippen molar-refractivity contribution in [3.8, 4) is 0 Å². The predicted octanol–water partition coefficient (Wildman–Crippen LogP) is 3.58. The lowest BCUT2D eigenvalue weighted by atomic mass is 10.0. The quantitative estimate of drug-likeness (QED) is 0.717. The molecule has 24 heavy (non-hydrogen) atoms. The van der Waals surface area contributed by atoms with Crippen molar-refractivity contribution in [2.45, 2.75) is 38.6 Å². The van der Waals surface area contributed by atoms with Gasteiger partial charge in [-0.15, -0.1) is 6.58 Å². The molecule has 0 bridgehead atoms. The van der Waals surface area contributed by atoms with Gasteiger partial charge in [-0.1, -0.05) is 66.7 Å². The van der Waals surface area contributed by atoms with Gasteiger partial charge in [-0.3, -0.25) is 9.69 Å². The van der Waals surface area contributed by atoms with Crippen molar-refractivity contribution in [2.75, 3.05) is 0 Å². The van der Waals surface area contributed by atoms with Gasteiger partial charge in [0.05, 0.1) is 12.1 Å². The second-order valence-corrected chi connectivity index (χ2v) is 6.03. The second-order valence-electron chi connectivity index (χ2n) is 6.03. The third kappa shape index (κ3) is 5.44. The average molecular weight is 323 g/mol. The van der Waals surface area contributed by atoms with E-state index in [4.69, 9.17) is 0 Å². The van der Waals surface area contributed by atoms with Crippen LogP contribution in [-0.2, 0) is 17.9 Å². The monoisotopic (exact) mass is 323 g/mol. The Morgan fingerprint density at radius 1 is 1.04 bits per heavy atom. The molecule has 0 aliphatic carbocycles. The van der Waals surface area contributed by atoms with E-state index >= 15 is 0 Å². The highest BCUT2D eigenvalue weighted by Gasteiger charge is 2.23. The molecule has 0 aliphatic rings. The molecule has 0 amide bonds. The fourth-order valence-electron chi connectivity index (χ4n) is 2.63. The Balaban J connectivity index is 2.14. The Bertz CT molecular complexity index is 598. The van der Waals surface area contributed by atoms with Gasteiger partial charge in [0.15, 0.2) is 5.78 Å². The molecule has 126 valence electrons. The lowest BCUT2D eigenvalue weighted by Crippen LogP contribution is -2.39. The normalized spacial score (nSPS) is 13.5. The fourth-order valence-corrected chi connectivity index (χ4v) is 2.63. The molecule has 0 radical (unpaired) electrons. The lowest BCUT2D eigenvalue weighted by Gasteiger charge is -2.29. The van der Waals surface area contributed by atoms with E-state index in [0.29, 0.717) is 13.1 Å². The molecular formula is C21H25NO2. The number of benzene rings is 2. The number of rotatable bonds is 9. The van der Waals surface area contributed by atoms with Crippen LogP contribution < -0.4 is 0 Å². The van der Waals surface area contributed by atoms with Gasteiger partial charge in [0.1, 0.15) is 0 Å². The molecule has 0 saturated heterocycles. The molecule has 2 aromatic rings. The zero-order valence-electron chi connectivity index (χ0n) is 14.1. The highest BCUT2D eigenvalue weighted by atomic mass is 16.3. The van der Waals surface area contributed by atoms with Gasteiger partial charge in [0.2, 0.25) is 0 Å². The molecule has 0 aromatic heterocycles. The highest BCUT2D eigenvalue weighted by molar-refractivity contribution is 5.84. The summed E-state index contributed by atoms with van der Waals surface area (Å²) in [5.74, 6) is 0.0225. The maximum atomic E-state index is 12.5. The minimum atomic E-state index is -0.782. The number of hydrogen-bond donors (Lipinski definition) is 1. The van der Waals surface area contributed by atoms with Crippen molar-refractivity contribution < 1.29 is 9.90 Å². The molecule has 2 aromatic carbocycles. The van der Waals surface area contributed by atoms with Crippen LogP contribution in [0.4, 0.5) is 0 Å². The number of carbonyl (C=O) groups excluding carboxylic acids is 1. The van der Waals surface area contributed by atoms with E-state index in [2.05, 4.69) is 35.7 Å². The molecule has 0 heterocycles. The Morgan fingerprint density at radius 3 is 1.92 bits per heavy atom. The van der Waals surface area contributed by atoms with Crippen LogP contribution in [-0.4, -0.2) is 27.9 Å². The van der Waals surface area contributed by atoms with Crippen molar-refractivity contribution in [2.24, 2.45) is 0 Å². The van der Waals surface area contributed by atoms with Crippen LogP contribution in [0.15, 0.2) is 73.3 Å². The number of aliphatic hydroxyl groups is 1. The second kappa shape index (κ2) is 9.16. The third-order valence-corrected chi connectivity index (χ3v) is 4.15. The first-order valence-electron chi connectivity index (χ1n) is 8.25. The molecule has 2 rings (SSSR count). The number of nitrogens with zero attached hydrogens (tertiary/aromatic N) is 1. The van der Waals surface area contributed by atoms with E-state index in [0.717, 1.165) is 11.1 Å². The van der Waals surface area contributed by atoms with Gasteiger partial charge in [0, 0.05) is 19.5 Å². The van der Waals surface area contributed by atoms with Crippen LogP contribution >= 0.6 is 0 Å². The summed E-state index contributed by atoms with van der Waals surface area (Å²) in [5.41, 5.74) is 2.33. The van der Waals surface area contributed by atoms with E-state index in [-0.39, 0.29) is 18.2 Å². The number of carbonyl (C=O) groups is 1. The summed E-state index contributed by atoms with van der Waals surface area (Å²) >= 11 is 0. The summed E-state index contributed by atoms with van der Waals surface area (Å²) in [6, 6.07) is 20.0. The van der Waals surface area contributed by atoms with Gasteiger partial charge < -0.3 is 5.11 Å². The third-order valence-electron chi connectivity index (χ3n) is 4.15. The van der Waals surface area contributed by atoms with Crippen LogP contribution in [0.1, 0.15) is 24.5 Å². The predicted molar refractivity (Wildman–Crippen MR) is 97.4 cm³/mol. The van der Waals surface area contributed by atoms with E-state index in [1.54, 1.807) is 0 Å². The van der Waals surface area contributed by atoms with Crippen LogP contribution in [0.3, 0.4) is 0 Å². The van der Waals surface area contributed by atoms with Gasteiger partial charge in [0.25, 0.3) is 0 Å². The summed E-state index contributed by atoms with van der Waals surface area (Å²) in [5, 5.41) is 9.68. The average Bonchev–Trinajstić information content (AvgIpc) is 2.62. The first-order valence-corrected chi connectivity index (χ1v) is 8.25. The molecule has 1 N–H and O–H groups in total. The maximum Gasteiger partial charge on any atom is 0.152 e. The lowest BCUT2D eigenvalue weighted by molar-refractivity contribution is -0.125. The Kier molecular flexibility index (Phi) is 6.91. The Hall–Kier alpha value is -2.23. The SMILES string of the molecule is C=C[C@@H](O)CC(=O)[C@H](C)N(Cc1ccccc1)Cc1ccccc1. The van der Waals surface area contributed by atoms with Crippen molar-refractivity contribution in [3.05, 3.63) is 84.4 Å². The summed E-state index contributed by atoms with van der Waals surface area (Å²) in [6.07, 6.45) is 0.726. The molecule has 0 aliphatic heterocycles. The van der Waals surface area contributed by atoms with E-state index in [9.17, 15) is 9.90 Å². The van der Waals surface area contributed by atoms with Gasteiger partial charge in [-0.05, 0) is 18.1 Å². The Morgan fingerprint density at radius 2 is 1.50 bits per heavy atom. The molecule has 0 unspecified atom stereocenters. The smallest absolute Gasteiger partial charge is 0.152 e. The van der Waals surface area contributed by atoms with E-state index < -0.39 is 6.10 Å². The minimum absolute atomic E-state index is 0.0225. The zero-order valence-corrected chi connectivity index (χ0v) is 14.1. The fraction of sp³-hybridized carbons (Fsp3) is 0.286. The maximum absolute atomic E-state index is 12.5. The summed E-state index contributed by atoms with van der Waals surface area (Å²) in [4.78, 5) is 14.6. The molecule has 2 atom stereocenters. The standard InChI is InChI=1S/C21H25NO2/c1-3-20(23)14-21(24)17(2)22(15-18-10-6-4-7-11-18)16-19-12-8-5-9-13-19/h3-13,17,20,23H,1,14-16H2,2H3/t17-,20+/m0/s1. The molecule has 3 nitrogen and oxygen atoms in total. The first kappa shape index (κ1) is 18.1. The number of ketones is 1. The summed E-state index contributed by atoms with van der Waals surface area (Å²) in [6.45, 7) is 6.82. The van der Waals surface area contributed by atoms with Crippen LogP contribution in [0.2, 0.25) is 0 Å². The highest BCUT2D eigenvalue weighted by Crippen LogP contribution is 2.15. The summed E-state index contributed by atoms with van der Waals surface area (Å²) in [7, 11) is 0. The van der Waals surface area contributed by atoms with Crippen molar-refractivity contribution in [3.63, 3.8) is 0 Å². The number of Topliss-reactive ketones (excluding diaryl/α,β-unsaturated/α-hetero) is 1. The minimum Gasteiger partial charge on any atom is -0.389 e. The van der Waals surface area contributed by atoms with E-state index in [1.807, 2.05) is 43.3 Å². The van der Waals surface area contributed by atoms with Gasteiger partial charge in [-0.2, -0.15) is 0 Å². The van der Waals surface area contributed by atoms with Crippen LogP contribution in [0.25, 0.3) is 0 Å². The molecule has 3 heteroatoms. The molecule has 0 saturated carbocycles. The van der Waals surface area contributed by atoms with Crippen molar-refractivity contribution in [1.29, 1.82) is 0 Å². The van der Waals surface area contributed by atoms with Crippen molar-refractivity contribution >= 4 is 5.78 Å². The summed E-state index contributed by atoms with van der Waals surface area (Å²) < 4.78 is 0. The topological polar surface area (TPSA) is 40.5 Å². The van der Waals surface area contributed by atoms with E-state index in [1.165, 1.54) is 6.08 Å². The molecule has 0 fully saturated rings. The van der Waals surface area contributed by atoms with Crippen LogP contribution in [0.5, 0.6) is 0 Å². The first-order chi connectivity index (χ1) is 11.6. The van der Waals surface area contributed by atoms with Gasteiger partial charge in [-0.25, -0.2) is 0 Å². The molecule has 0 spiro atoms. The number of hydrogen-bond acceptors (Lipinski definition) is 3.